The average molecular weight is 488 g/mol. The second kappa shape index (κ2) is 10.4. The fourth-order valence-corrected chi connectivity index (χ4v) is 4.64. The monoisotopic (exact) mass is 487 g/mol. The van der Waals surface area contributed by atoms with Crippen molar-refractivity contribution in [3.05, 3.63) is 83.4 Å². The maximum Gasteiger partial charge on any atom is 0.264 e. The van der Waals surface area contributed by atoms with E-state index in [2.05, 4.69) is 10.5 Å². The van der Waals surface area contributed by atoms with E-state index in [-0.39, 0.29) is 27.1 Å². The van der Waals surface area contributed by atoms with Crippen molar-refractivity contribution in [2.45, 2.75) is 11.8 Å². The summed E-state index contributed by atoms with van der Waals surface area (Å²) in [5.41, 5.74) is 3.22. The Hall–Kier alpha value is -3.56. The molecule has 0 radical (unpaired) electrons. The van der Waals surface area contributed by atoms with Crippen LogP contribution in [-0.4, -0.2) is 38.8 Å². The van der Waals surface area contributed by atoms with Crippen molar-refractivity contribution in [3.63, 3.8) is 0 Å². The zero-order chi connectivity index (χ0) is 24.0. The van der Waals surface area contributed by atoms with Gasteiger partial charge in [-0.3, -0.25) is 9.10 Å². The molecule has 0 fully saturated rings. The van der Waals surface area contributed by atoms with Crippen LogP contribution < -0.4 is 14.5 Å². The topological polar surface area (TPSA) is 108 Å². The molecule has 10 heteroatoms. The number of nitrogens with one attached hydrogen (secondary N) is 1. The Labute approximate surface area is 197 Å². The van der Waals surface area contributed by atoms with Crippen LogP contribution in [0.5, 0.6) is 11.5 Å². The van der Waals surface area contributed by atoms with Gasteiger partial charge in [-0.1, -0.05) is 41.9 Å². The minimum Gasteiger partial charge on any atom is -0.507 e. The number of hydrogen-bond donors (Lipinski definition) is 2. The van der Waals surface area contributed by atoms with Crippen LogP contribution in [-0.2, 0) is 14.8 Å². The summed E-state index contributed by atoms with van der Waals surface area (Å²) in [5, 5.41) is 14.2. The molecule has 0 aliphatic heterocycles. The normalized spacial score (nSPS) is 11.7. The first-order chi connectivity index (χ1) is 15.7. The number of aromatic hydroxyl groups is 1. The van der Waals surface area contributed by atoms with Crippen LogP contribution in [0.25, 0.3) is 0 Å². The molecule has 0 spiro atoms. The van der Waals surface area contributed by atoms with Gasteiger partial charge in [0.1, 0.15) is 18.0 Å². The third-order valence-corrected chi connectivity index (χ3v) is 6.68. The molecule has 8 nitrogen and oxygen atoms in total. The molecule has 2 N–H and O–H groups in total. The van der Waals surface area contributed by atoms with Crippen molar-refractivity contribution < 1.29 is 23.1 Å². The van der Waals surface area contributed by atoms with Crippen molar-refractivity contribution in [1.29, 1.82) is 0 Å². The Morgan fingerprint density at radius 2 is 1.76 bits per heavy atom. The number of phenols is 1. The molecular formula is C23H22ClN3O5S. The number of sulfonamides is 1. The number of ether oxygens (including phenoxy) is 1. The number of phenolic OH excluding ortho intramolecular Hbond substituents is 1. The Balaban J connectivity index is 1.95. The zero-order valence-corrected chi connectivity index (χ0v) is 19.5. The molecule has 0 atom stereocenters. The highest BCUT2D eigenvalue weighted by Gasteiger charge is 2.29. The molecule has 3 rings (SSSR count). The molecule has 0 heterocycles. The molecule has 3 aromatic carbocycles. The van der Waals surface area contributed by atoms with E-state index in [1.54, 1.807) is 49.4 Å². The summed E-state index contributed by atoms with van der Waals surface area (Å²) in [4.78, 5) is 12.7. The lowest BCUT2D eigenvalue weighted by atomic mass is 10.1. The summed E-state index contributed by atoms with van der Waals surface area (Å²) >= 11 is 6.11. The van der Waals surface area contributed by atoms with E-state index in [4.69, 9.17) is 16.3 Å². The van der Waals surface area contributed by atoms with Crippen molar-refractivity contribution in [1.82, 2.24) is 5.43 Å². The van der Waals surface area contributed by atoms with Gasteiger partial charge in [-0.15, -0.1) is 0 Å². The molecule has 1 amide bonds. The summed E-state index contributed by atoms with van der Waals surface area (Å²) in [6.45, 7) is 1.01. The van der Waals surface area contributed by atoms with Gasteiger partial charge in [0.2, 0.25) is 0 Å². The SMILES string of the molecule is COc1ccc(Cl)cc1N(CC(=O)N/N=C(/C)c1ccccc1O)S(=O)(=O)c1ccccc1. The second-order valence-electron chi connectivity index (χ2n) is 6.89. The smallest absolute Gasteiger partial charge is 0.264 e. The third-order valence-electron chi connectivity index (χ3n) is 4.67. The molecular weight excluding hydrogens is 466 g/mol. The first kappa shape index (κ1) is 24.1. The van der Waals surface area contributed by atoms with Crippen LogP contribution >= 0.6 is 11.6 Å². The average Bonchev–Trinajstić information content (AvgIpc) is 2.81. The van der Waals surface area contributed by atoms with Gasteiger partial charge in [-0.2, -0.15) is 5.10 Å². The second-order valence-corrected chi connectivity index (χ2v) is 9.19. The van der Waals surface area contributed by atoms with Gasteiger partial charge >= 0.3 is 0 Å². The van der Waals surface area contributed by atoms with E-state index in [0.29, 0.717) is 11.3 Å². The summed E-state index contributed by atoms with van der Waals surface area (Å²) in [6.07, 6.45) is 0. The third kappa shape index (κ3) is 5.63. The van der Waals surface area contributed by atoms with Crippen LogP contribution in [0.15, 0.2) is 82.8 Å². The lowest BCUT2D eigenvalue weighted by Gasteiger charge is -2.25. The number of hydrazone groups is 1. The number of methoxy groups -OCH3 is 1. The van der Waals surface area contributed by atoms with Gasteiger partial charge < -0.3 is 9.84 Å². The molecule has 0 aromatic heterocycles. The minimum absolute atomic E-state index is 0.00458. The number of rotatable bonds is 8. The summed E-state index contributed by atoms with van der Waals surface area (Å²) in [7, 11) is -2.76. The number of anilines is 1. The van der Waals surface area contributed by atoms with Crippen molar-refractivity contribution in [2.24, 2.45) is 5.10 Å². The zero-order valence-electron chi connectivity index (χ0n) is 17.9. The molecule has 0 unspecified atom stereocenters. The van der Waals surface area contributed by atoms with Crippen molar-refractivity contribution in [2.75, 3.05) is 18.0 Å². The molecule has 0 bridgehead atoms. The van der Waals surface area contributed by atoms with E-state index >= 15 is 0 Å². The maximum absolute atomic E-state index is 13.4. The number of hydrogen-bond acceptors (Lipinski definition) is 6. The van der Waals surface area contributed by atoms with E-state index in [0.717, 1.165) is 4.31 Å². The van der Waals surface area contributed by atoms with Crippen LogP contribution in [0, 0.1) is 0 Å². The fourth-order valence-electron chi connectivity index (χ4n) is 3.03. The quantitative estimate of drug-likeness (QED) is 0.371. The lowest BCUT2D eigenvalue weighted by molar-refractivity contribution is -0.119. The number of nitrogens with zero attached hydrogens (tertiary/aromatic N) is 2. The highest BCUT2D eigenvalue weighted by Crippen LogP contribution is 2.34. The van der Waals surface area contributed by atoms with E-state index in [9.17, 15) is 18.3 Å². The van der Waals surface area contributed by atoms with Gasteiger partial charge in [-0.25, -0.2) is 13.8 Å². The maximum atomic E-state index is 13.4. The number of carbonyl (C=O) groups excluding carboxylic acids is 1. The fraction of sp³-hybridized carbons (Fsp3) is 0.130. The summed E-state index contributed by atoms with van der Waals surface area (Å²) in [5.74, 6) is -0.475. The largest absolute Gasteiger partial charge is 0.507 e. The predicted octanol–water partition coefficient (Wildman–Crippen LogP) is 3.79. The first-order valence-electron chi connectivity index (χ1n) is 9.77. The first-order valence-corrected chi connectivity index (χ1v) is 11.6. The molecule has 33 heavy (non-hydrogen) atoms. The van der Waals surface area contributed by atoms with Crippen molar-refractivity contribution in [3.8, 4) is 11.5 Å². The Kier molecular flexibility index (Phi) is 7.57. The van der Waals surface area contributed by atoms with Gasteiger partial charge in [0, 0.05) is 10.6 Å². The van der Waals surface area contributed by atoms with Gasteiger partial charge in [-0.05, 0) is 49.4 Å². The number of amides is 1. The highest BCUT2D eigenvalue weighted by atomic mass is 35.5. The van der Waals surface area contributed by atoms with E-state index in [1.165, 1.54) is 37.4 Å². The van der Waals surface area contributed by atoms with Crippen LogP contribution in [0.2, 0.25) is 5.02 Å². The van der Waals surface area contributed by atoms with Crippen LogP contribution in [0.4, 0.5) is 5.69 Å². The Morgan fingerprint density at radius 1 is 1.09 bits per heavy atom. The van der Waals surface area contributed by atoms with Gasteiger partial charge in [0.25, 0.3) is 15.9 Å². The summed E-state index contributed by atoms with van der Waals surface area (Å²) in [6, 6.07) is 18.7. The van der Waals surface area contributed by atoms with Crippen LogP contribution in [0.1, 0.15) is 12.5 Å². The van der Waals surface area contributed by atoms with Crippen molar-refractivity contribution >= 4 is 38.9 Å². The molecule has 3 aromatic rings. The van der Waals surface area contributed by atoms with Gasteiger partial charge in [0.05, 0.1) is 23.4 Å². The number of carbonyl (C=O) groups is 1. The highest BCUT2D eigenvalue weighted by molar-refractivity contribution is 7.92. The number of para-hydroxylation sites is 1. The molecule has 0 aliphatic rings. The van der Waals surface area contributed by atoms with E-state index in [1.807, 2.05) is 0 Å². The lowest BCUT2D eigenvalue weighted by Crippen LogP contribution is -2.40. The van der Waals surface area contributed by atoms with Crippen LogP contribution in [0.3, 0.4) is 0 Å². The standard InChI is InChI=1S/C23H22ClN3O5S/c1-16(19-10-6-7-11-21(19)28)25-26-23(29)15-27(20-14-17(24)12-13-22(20)32-2)33(30,31)18-8-4-3-5-9-18/h3-14,28H,15H2,1-2H3,(H,26,29)/b25-16-. The number of benzene rings is 3. The molecule has 172 valence electrons. The molecule has 0 saturated heterocycles. The molecule has 0 aliphatic carbocycles. The van der Waals surface area contributed by atoms with E-state index < -0.39 is 22.5 Å². The minimum atomic E-state index is -4.15. The van der Waals surface area contributed by atoms with Gasteiger partial charge in [0.15, 0.2) is 0 Å². The Bertz CT molecular complexity index is 1280. The predicted molar refractivity (Wildman–Crippen MR) is 127 cm³/mol. The molecule has 0 saturated carbocycles. The Morgan fingerprint density at radius 3 is 2.42 bits per heavy atom. The number of halogens is 1. The summed E-state index contributed by atoms with van der Waals surface area (Å²) < 4.78 is 33.1.